The molecule has 0 aliphatic carbocycles. The van der Waals surface area contributed by atoms with Crippen LogP contribution in [0.25, 0.3) is 33.4 Å². The summed E-state index contributed by atoms with van der Waals surface area (Å²) in [7, 11) is 0. The quantitative estimate of drug-likeness (QED) is 0.171. The maximum Gasteiger partial charge on any atom is 0.131 e. The van der Waals surface area contributed by atoms with Gasteiger partial charge in [-0.3, -0.25) is 0 Å². The lowest BCUT2D eigenvalue weighted by atomic mass is 9.76. The summed E-state index contributed by atoms with van der Waals surface area (Å²) in [4.78, 5) is 0. The lowest BCUT2D eigenvalue weighted by Gasteiger charge is -2.29. The summed E-state index contributed by atoms with van der Waals surface area (Å²) in [5.41, 5.74) is 6.82. The first-order valence-corrected chi connectivity index (χ1v) is 18.8. The van der Waals surface area contributed by atoms with Crippen LogP contribution in [-0.4, -0.2) is 20.4 Å². The van der Waals surface area contributed by atoms with Gasteiger partial charge in [0.05, 0.1) is 0 Å². The van der Waals surface area contributed by atoms with Crippen LogP contribution in [0.3, 0.4) is 0 Å². The lowest BCUT2D eigenvalue weighted by Crippen LogP contribution is -2.17. The van der Waals surface area contributed by atoms with E-state index < -0.39 is 10.8 Å². The van der Waals surface area contributed by atoms with Crippen LogP contribution in [0.5, 0.6) is 23.0 Å². The minimum atomic E-state index is -0.391. The fraction of sp³-hybridized carbons (Fsp3) is 0.500. The Balaban J connectivity index is 2.33. The molecule has 0 aromatic heterocycles. The van der Waals surface area contributed by atoms with Crippen LogP contribution in [0, 0.1) is 0 Å². The van der Waals surface area contributed by atoms with Crippen LogP contribution in [0.2, 0.25) is 0 Å². The number of aromatic hydroxyl groups is 4. The normalized spacial score (nSPS) is 13.5. The van der Waals surface area contributed by atoms with Gasteiger partial charge in [-0.2, -0.15) is 0 Å². The van der Waals surface area contributed by atoms with Crippen molar-refractivity contribution in [1.82, 2.24) is 0 Å². The van der Waals surface area contributed by atoms with Crippen LogP contribution >= 0.6 is 0 Å². The van der Waals surface area contributed by atoms with Crippen molar-refractivity contribution in [3.63, 3.8) is 0 Å². The van der Waals surface area contributed by atoms with Gasteiger partial charge in [0.1, 0.15) is 23.0 Å². The monoisotopic (exact) mass is 706 g/mol. The molecule has 282 valence electrons. The van der Waals surface area contributed by atoms with Gasteiger partial charge in [0, 0.05) is 44.5 Å². The van der Waals surface area contributed by atoms with Gasteiger partial charge >= 0.3 is 0 Å². The predicted molar refractivity (Wildman–Crippen MR) is 222 cm³/mol. The largest absolute Gasteiger partial charge is 0.507 e. The van der Waals surface area contributed by atoms with Gasteiger partial charge in [0.25, 0.3) is 0 Å². The molecule has 4 aromatic rings. The minimum Gasteiger partial charge on any atom is -0.507 e. The molecule has 0 radical (unpaired) electrons. The molecule has 0 heterocycles. The molecule has 4 rings (SSSR count). The second-order valence-electron chi connectivity index (χ2n) is 21.2. The molecule has 0 aliphatic heterocycles. The molecule has 4 N–H and O–H groups in total. The maximum atomic E-state index is 12.5. The van der Waals surface area contributed by atoms with Crippen molar-refractivity contribution in [3.05, 3.63) is 81.9 Å². The van der Waals surface area contributed by atoms with Gasteiger partial charge < -0.3 is 20.4 Å². The third-order valence-corrected chi connectivity index (χ3v) is 10.4. The fourth-order valence-electron chi connectivity index (χ4n) is 6.75. The van der Waals surface area contributed by atoms with Gasteiger partial charge in [-0.1, -0.05) is 143 Å². The van der Waals surface area contributed by atoms with Crippen molar-refractivity contribution < 1.29 is 20.4 Å². The van der Waals surface area contributed by atoms with Gasteiger partial charge in [-0.25, -0.2) is 0 Å². The summed E-state index contributed by atoms with van der Waals surface area (Å²) in [5.74, 6) is 0.331. The molecule has 4 nitrogen and oxygen atoms in total. The van der Waals surface area contributed by atoms with E-state index in [2.05, 4.69) is 143 Å². The molecule has 0 saturated carbocycles. The number of hydrogen-bond acceptors (Lipinski definition) is 4. The summed E-state index contributed by atoms with van der Waals surface area (Å²) in [6, 6.07) is 16.0. The van der Waals surface area contributed by atoms with Gasteiger partial charge in [-0.05, 0) is 85.1 Å². The van der Waals surface area contributed by atoms with Crippen molar-refractivity contribution in [1.29, 1.82) is 0 Å². The van der Waals surface area contributed by atoms with Crippen molar-refractivity contribution in [2.45, 2.75) is 157 Å². The van der Waals surface area contributed by atoms with E-state index in [9.17, 15) is 20.4 Å². The van der Waals surface area contributed by atoms with Gasteiger partial charge in [-0.15, -0.1) is 0 Å². The first-order valence-electron chi connectivity index (χ1n) is 18.8. The van der Waals surface area contributed by atoms with Crippen LogP contribution in [0.15, 0.2) is 48.5 Å². The number of rotatable bonds is 3. The average Bonchev–Trinajstić information content (AvgIpc) is 2.94. The molecule has 4 aromatic carbocycles. The van der Waals surface area contributed by atoms with Crippen LogP contribution < -0.4 is 0 Å². The smallest absolute Gasteiger partial charge is 0.131 e. The van der Waals surface area contributed by atoms with E-state index in [-0.39, 0.29) is 44.7 Å². The molecule has 0 saturated heterocycles. The minimum absolute atomic E-state index is 0.0475. The predicted octanol–water partition coefficient (Wildman–Crippen LogP) is 13.3. The molecule has 0 fully saturated rings. The van der Waals surface area contributed by atoms with Gasteiger partial charge in [0.15, 0.2) is 0 Å². The van der Waals surface area contributed by atoms with E-state index in [1.54, 1.807) is 0 Å². The maximum absolute atomic E-state index is 12.5. The first-order chi connectivity index (χ1) is 23.2. The van der Waals surface area contributed by atoms with Crippen molar-refractivity contribution >= 4 is 0 Å². The highest BCUT2D eigenvalue weighted by Crippen LogP contribution is 2.53. The van der Waals surface area contributed by atoms with Crippen molar-refractivity contribution in [2.75, 3.05) is 0 Å². The Hall–Kier alpha value is -3.92. The standard InChI is InChI=1S/C48H66O4/c1-43(2,3)28-21-31(40(50)36(24-28)46(10,11)12)27-19-32(34-22-29(44(4,5)6)25-37(41(34)51)47(13,14)15)39(49)33(20-27)35-23-30(45(7,8)9)26-38(42(35)52)48(16,17)18/h19-26,49-52H,1-18H3. The summed E-state index contributed by atoms with van der Waals surface area (Å²) < 4.78 is 0. The van der Waals surface area contributed by atoms with Crippen LogP contribution in [-0.2, 0) is 32.5 Å². The van der Waals surface area contributed by atoms with E-state index >= 15 is 0 Å². The number of phenols is 4. The zero-order chi connectivity index (χ0) is 39.9. The molecule has 0 atom stereocenters. The topological polar surface area (TPSA) is 80.9 Å². The first kappa shape index (κ1) is 40.8. The van der Waals surface area contributed by atoms with Crippen molar-refractivity contribution in [3.8, 4) is 56.4 Å². The molecule has 0 amide bonds. The number of benzene rings is 4. The average molecular weight is 707 g/mol. The summed E-state index contributed by atoms with van der Waals surface area (Å²) in [6.07, 6.45) is 0. The molecule has 0 spiro atoms. The fourth-order valence-corrected chi connectivity index (χ4v) is 6.75. The van der Waals surface area contributed by atoms with E-state index in [4.69, 9.17) is 0 Å². The Morgan fingerprint density at radius 2 is 0.500 bits per heavy atom. The second kappa shape index (κ2) is 12.9. The third kappa shape index (κ3) is 8.02. The highest BCUT2D eigenvalue weighted by molar-refractivity contribution is 5.93. The van der Waals surface area contributed by atoms with E-state index in [0.29, 0.717) is 33.4 Å². The molecular formula is C48H66O4. The Kier molecular flexibility index (Phi) is 10.1. The van der Waals surface area contributed by atoms with Gasteiger partial charge in [0.2, 0.25) is 0 Å². The molecule has 0 bridgehead atoms. The Labute approximate surface area is 315 Å². The number of hydrogen-bond donors (Lipinski definition) is 4. The zero-order valence-electron chi connectivity index (χ0n) is 35.4. The third-order valence-electron chi connectivity index (χ3n) is 10.4. The van der Waals surface area contributed by atoms with E-state index in [1.165, 1.54) is 0 Å². The SMILES string of the molecule is CC(C)(C)c1cc(-c2cc(-c3cc(C(C)(C)C)cc(C(C)(C)C)c3O)c(O)c(-c3cc(C(C)(C)C)cc(C(C)(C)C)c3O)c2)c(O)c(C(C)(C)C)c1. The lowest BCUT2D eigenvalue weighted by molar-refractivity contribution is 0.443. The van der Waals surface area contributed by atoms with E-state index in [1.807, 2.05) is 30.3 Å². The second-order valence-corrected chi connectivity index (χ2v) is 21.2. The molecular weight excluding hydrogens is 641 g/mol. The van der Waals surface area contributed by atoms with E-state index in [0.717, 1.165) is 33.4 Å². The summed E-state index contributed by atoms with van der Waals surface area (Å²) in [5, 5.41) is 48.9. The Morgan fingerprint density at radius 3 is 0.750 bits per heavy atom. The molecule has 52 heavy (non-hydrogen) atoms. The molecule has 4 heteroatoms. The Bertz CT molecular complexity index is 1900. The summed E-state index contributed by atoms with van der Waals surface area (Å²) in [6.45, 7) is 38.1. The van der Waals surface area contributed by atoms with Crippen molar-refractivity contribution in [2.24, 2.45) is 0 Å². The highest BCUT2D eigenvalue weighted by atomic mass is 16.3. The molecule has 0 aliphatic rings. The zero-order valence-corrected chi connectivity index (χ0v) is 35.4. The van der Waals surface area contributed by atoms with Crippen LogP contribution in [0.1, 0.15) is 158 Å². The molecule has 0 unspecified atom stereocenters. The highest BCUT2D eigenvalue weighted by Gasteiger charge is 2.32. The summed E-state index contributed by atoms with van der Waals surface area (Å²) >= 11 is 0. The Morgan fingerprint density at radius 1 is 0.269 bits per heavy atom. The number of phenolic OH excluding ortho intramolecular Hbond substituents is 4. The van der Waals surface area contributed by atoms with Crippen LogP contribution in [0.4, 0.5) is 0 Å².